The van der Waals surface area contributed by atoms with Gasteiger partial charge in [0.1, 0.15) is 5.88 Å². The lowest BCUT2D eigenvalue weighted by Crippen LogP contribution is -2.44. The highest BCUT2D eigenvalue weighted by molar-refractivity contribution is 7.99. The lowest BCUT2D eigenvalue weighted by Gasteiger charge is -2.29. The second-order valence-electron chi connectivity index (χ2n) is 5.44. The van der Waals surface area contributed by atoms with Crippen molar-refractivity contribution in [1.29, 1.82) is 0 Å². The Kier molecular flexibility index (Phi) is 6.45. The molecule has 104 valence electrons. The largest absolute Gasteiger partial charge is 0.271 e. The van der Waals surface area contributed by atoms with Crippen LogP contribution >= 0.6 is 11.8 Å². The van der Waals surface area contributed by atoms with Crippen LogP contribution < -0.4 is 11.3 Å². The summed E-state index contributed by atoms with van der Waals surface area (Å²) in [5.41, 5.74) is 2.95. The van der Waals surface area contributed by atoms with Crippen LogP contribution in [0.15, 0.2) is 10.2 Å². The zero-order chi connectivity index (χ0) is 12.6. The fourth-order valence-corrected chi connectivity index (χ4v) is 4.07. The summed E-state index contributed by atoms with van der Waals surface area (Å²) in [6, 6.07) is 0.975. The Labute approximate surface area is 115 Å². The van der Waals surface area contributed by atoms with Crippen LogP contribution in [0, 0.1) is 0 Å². The summed E-state index contributed by atoms with van der Waals surface area (Å²) < 4.78 is 0. The third-order valence-electron chi connectivity index (χ3n) is 4.08. The molecular weight excluding hydrogens is 244 g/mol. The van der Waals surface area contributed by atoms with E-state index in [2.05, 4.69) is 15.7 Å². The van der Waals surface area contributed by atoms with Crippen molar-refractivity contribution in [3.05, 3.63) is 0 Å². The standard InChI is InChI=1S/C13H26N4S/c14-16-12-8-4-5-9-13(12)18-10-15-17-11-6-2-1-3-7-11/h11-13,16H,1-10,14H2. The van der Waals surface area contributed by atoms with Crippen molar-refractivity contribution in [1.82, 2.24) is 5.43 Å². The molecular formula is C13H26N4S. The smallest absolute Gasteiger partial charge is 0.106 e. The molecule has 0 spiro atoms. The first-order valence-electron chi connectivity index (χ1n) is 7.34. The van der Waals surface area contributed by atoms with Gasteiger partial charge in [0, 0.05) is 11.3 Å². The van der Waals surface area contributed by atoms with Crippen LogP contribution in [0.5, 0.6) is 0 Å². The Balaban J connectivity index is 1.65. The molecule has 0 bridgehead atoms. The van der Waals surface area contributed by atoms with E-state index in [9.17, 15) is 0 Å². The van der Waals surface area contributed by atoms with Crippen molar-refractivity contribution in [2.75, 3.05) is 5.88 Å². The fourth-order valence-electron chi connectivity index (χ4n) is 2.96. The summed E-state index contributed by atoms with van der Waals surface area (Å²) in [7, 11) is 0. The maximum Gasteiger partial charge on any atom is 0.106 e. The molecule has 2 saturated carbocycles. The number of hydrogen-bond donors (Lipinski definition) is 2. The van der Waals surface area contributed by atoms with Crippen molar-refractivity contribution in [2.24, 2.45) is 16.1 Å². The average molecular weight is 270 g/mol. The molecule has 2 aliphatic carbocycles. The van der Waals surface area contributed by atoms with Gasteiger partial charge in [0.15, 0.2) is 0 Å². The molecule has 0 aromatic carbocycles. The van der Waals surface area contributed by atoms with Gasteiger partial charge >= 0.3 is 0 Å². The first-order valence-corrected chi connectivity index (χ1v) is 8.39. The summed E-state index contributed by atoms with van der Waals surface area (Å²) in [5, 5.41) is 9.47. The van der Waals surface area contributed by atoms with Crippen LogP contribution in [0.25, 0.3) is 0 Å². The van der Waals surface area contributed by atoms with Crippen LogP contribution in [0.2, 0.25) is 0 Å². The molecule has 5 heteroatoms. The summed E-state index contributed by atoms with van der Waals surface area (Å²) in [4.78, 5) is 0. The number of rotatable bonds is 5. The highest BCUT2D eigenvalue weighted by Gasteiger charge is 2.24. The van der Waals surface area contributed by atoms with Crippen LogP contribution in [-0.4, -0.2) is 23.2 Å². The normalized spacial score (nSPS) is 30.9. The Morgan fingerprint density at radius 1 is 1.00 bits per heavy atom. The molecule has 2 rings (SSSR count). The average Bonchev–Trinajstić information content (AvgIpc) is 2.45. The first kappa shape index (κ1) is 14.3. The Bertz CT molecular complexity index is 253. The third-order valence-corrected chi connectivity index (χ3v) is 5.34. The molecule has 0 aliphatic heterocycles. The van der Waals surface area contributed by atoms with E-state index in [0.717, 1.165) is 5.88 Å². The summed E-state index contributed by atoms with van der Waals surface area (Å²) in [6.07, 6.45) is 11.6. The predicted molar refractivity (Wildman–Crippen MR) is 77.6 cm³/mol. The van der Waals surface area contributed by atoms with E-state index >= 15 is 0 Å². The molecule has 4 nitrogen and oxygen atoms in total. The molecule has 2 aliphatic rings. The molecule has 0 radical (unpaired) electrons. The third kappa shape index (κ3) is 4.52. The monoisotopic (exact) mass is 270 g/mol. The van der Waals surface area contributed by atoms with Crippen molar-refractivity contribution in [2.45, 2.75) is 75.1 Å². The van der Waals surface area contributed by atoms with E-state index in [1.165, 1.54) is 57.8 Å². The van der Waals surface area contributed by atoms with Crippen LogP contribution in [-0.2, 0) is 0 Å². The molecule has 2 unspecified atom stereocenters. The van der Waals surface area contributed by atoms with E-state index in [1.54, 1.807) is 0 Å². The van der Waals surface area contributed by atoms with Gasteiger partial charge in [-0.1, -0.05) is 32.1 Å². The van der Waals surface area contributed by atoms with Gasteiger partial charge in [0.2, 0.25) is 0 Å². The maximum absolute atomic E-state index is 5.60. The SMILES string of the molecule is NNC1CCCCC1SCN=NC1CCCCC1. The van der Waals surface area contributed by atoms with Crippen LogP contribution in [0.3, 0.4) is 0 Å². The van der Waals surface area contributed by atoms with Crippen molar-refractivity contribution in [3.8, 4) is 0 Å². The molecule has 0 aromatic heterocycles. The van der Waals surface area contributed by atoms with Gasteiger partial charge in [-0.2, -0.15) is 10.2 Å². The van der Waals surface area contributed by atoms with Crippen LogP contribution in [0.4, 0.5) is 0 Å². The Morgan fingerprint density at radius 2 is 1.72 bits per heavy atom. The molecule has 0 aromatic rings. The Morgan fingerprint density at radius 3 is 2.50 bits per heavy atom. The molecule has 0 heterocycles. The Hall–Kier alpha value is -0.130. The predicted octanol–water partition coefficient (Wildman–Crippen LogP) is 3.24. The number of nitrogens with one attached hydrogen (secondary N) is 1. The highest BCUT2D eigenvalue weighted by Crippen LogP contribution is 2.29. The number of azo groups is 1. The lowest BCUT2D eigenvalue weighted by atomic mass is 9.95. The fraction of sp³-hybridized carbons (Fsp3) is 1.00. The number of hydrogen-bond acceptors (Lipinski definition) is 5. The van der Waals surface area contributed by atoms with Gasteiger partial charge < -0.3 is 0 Å². The maximum atomic E-state index is 5.60. The second kappa shape index (κ2) is 8.12. The summed E-state index contributed by atoms with van der Waals surface area (Å²) >= 11 is 1.92. The molecule has 0 amide bonds. The number of hydrazine groups is 1. The summed E-state index contributed by atoms with van der Waals surface area (Å²) in [6.45, 7) is 0. The van der Waals surface area contributed by atoms with Gasteiger partial charge in [0.25, 0.3) is 0 Å². The zero-order valence-corrected chi connectivity index (χ0v) is 12.0. The van der Waals surface area contributed by atoms with E-state index in [1.807, 2.05) is 11.8 Å². The lowest BCUT2D eigenvalue weighted by molar-refractivity contribution is 0.390. The minimum absolute atomic E-state index is 0.466. The van der Waals surface area contributed by atoms with Crippen LogP contribution in [0.1, 0.15) is 57.8 Å². The van der Waals surface area contributed by atoms with E-state index in [0.29, 0.717) is 17.3 Å². The summed E-state index contributed by atoms with van der Waals surface area (Å²) in [5.74, 6) is 6.40. The van der Waals surface area contributed by atoms with Gasteiger partial charge in [-0.15, -0.1) is 11.8 Å². The van der Waals surface area contributed by atoms with Crippen molar-refractivity contribution < 1.29 is 0 Å². The topological polar surface area (TPSA) is 62.8 Å². The minimum atomic E-state index is 0.466. The number of nitrogens with zero attached hydrogens (tertiary/aromatic N) is 2. The molecule has 0 saturated heterocycles. The minimum Gasteiger partial charge on any atom is -0.271 e. The zero-order valence-electron chi connectivity index (χ0n) is 11.2. The van der Waals surface area contributed by atoms with Gasteiger partial charge in [-0.3, -0.25) is 11.3 Å². The van der Waals surface area contributed by atoms with Crippen molar-refractivity contribution >= 4 is 11.8 Å². The first-order chi connectivity index (χ1) is 8.90. The molecule has 3 N–H and O–H groups in total. The van der Waals surface area contributed by atoms with E-state index in [4.69, 9.17) is 5.84 Å². The molecule has 2 fully saturated rings. The molecule has 2 atom stereocenters. The number of thioether (sulfide) groups is 1. The second-order valence-corrected chi connectivity index (χ2v) is 6.64. The van der Waals surface area contributed by atoms with Gasteiger partial charge in [-0.25, -0.2) is 0 Å². The van der Waals surface area contributed by atoms with E-state index < -0.39 is 0 Å². The van der Waals surface area contributed by atoms with E-state index in [-0.39, 0.29) is 0 Å². The van der Waals surface area contributed by atoms with Gasteiger partial charge in [0.05, 0.1) is 6.04 Å². The highest BCUT2D eigenvalue weighted by atomic mass is 32.2. The number of nitrogens with two attached hydrogens (primary N) is 1. The quantitative estimate of drug-likeness (QED) is 0.458. The molecule has 18 heavy (non-hydrogen) atoms. The van der Waals surface area contributed by atoms with Gasteiger partial charge in [-0.05, 0) is 25.7 Å². The van der Waals surface area contributed by atoms with Crippen molar-refractivity contribution in [3.63, 3.8) is 0 Å².